The number of nitrogens with two attached hydrogens (primary N) is 2. The topological polar surface area (TPSA) is 111 Å². The van der Waals surface area contributed by atoms with E-state index in [2.05, 4.69) is 13.8 Å². The molecule has 0 radical (unpaired) electrons. The van der Waals surface area contributed by atoms with Crippen molar-refractivity contribution in [2.45, 2.75) is 26.7 Å². The van der Waals surface area contributed by atoms with Gasteiger partial charge in [-0.1, -0.05) is 38.1 Å². The molecule has 0 heterocycles. The molecule has 40 heavy (non-hydrogen) atoms. The van der Waals surface area contributed by atoms with Gasteiger partial charge in [-0.25, -0.2) is 29.5 Å². The Morgan fingerprint density at radius 1 is 0.625 bits per heavy atom. The first kappa shape index (κ1) is 35.4. The van der Waals surface area contributed by atoms with Crippen molar-refractivity contribution in [3.63, 3.8) is 0 Å². The average molecular weight is 674 g/mol. The van der Waals surface area contributed by atoms with E-state index in [-0.39, 0.29) is 23.5 Å². The monoisotopic (exact) mass is 672 g/mol. The second-order valence-electron chi connectivity index (χ2n) is 8.69. The Bertz CT molecular complexity index is 1080. The first-order valence-electron chi connectivity index (χ1n) is 12.9. The Hall–Kier alpha value is -0.760. The molecule has 2 rings (SSSR count). The SMILES string of the molecule is CC/C(=C(\CC)c1ccc(O[P@@](N)(=O)N(CCCl)CCCl)cc1)c1ccc(O[P@](N)(=O)N(CCCl)CCCl)cc1. The molecule has 224 valence electrons. The molecule has 4 N–H and O–H groups in total. The fourth-order valence-corrected chi connectivity index (χ4v) is 8.09. The molecule has 0 aliphatic carbocycles. The number of halogens is 4. The van der Waals surface area contributed by atoms with Crippen LogP contribution in [0.2, 0.25) is 0 Å². The van der Waals surface area contributed by atoms with E-state index in [9.17, 15) is 9.13 Å². The maximum Gasteiger partial charge on any atom is 0.390 e. The lowest BCUT2D eigenvalue weighted by Crippen LogP contribution is -2.30. The van der Waals surface area contributed by atoms with Crippen molar-refractivity contribution in [2.24, 2.45) is 11.0 Å². The van der Waals surface area contributed by atoms with Gasteiger partial charge >= 0.3 is 15.3 Å². The van der Waals surface area contributed by atoms with Gasteiger partial charge in [-0.05, 0) is 59.4 Å². The molecule has 2 aromatic carbocycles. The molecule has 0 aliphatic heterocycles. The van der Waals surface area contributed by atoms with Crippen LogP contribution in [0.25, 0.3) is 11.1 Å². The van der Waals surface area contributed by atoms with Crippen molar-refractivity contribution in [3.8, 4) is 11.5 Å². The van der Waals surface area contributed by atoms with Crippen molar-refractivity contribution in [2.75, 3.05) is 49.7 Å². The maximum absolute atomic E-state index is 13.0. The van der Waals surface area contributed by atoms with Crippen LogP contribution in [0.3, 0.4) is 0 Å². The zero-order chi connectivity index (χ0) is 29.8. The van der Waals surface area contributed by atoms with Crippen molar-refractivity contribution >= 4 is 72.9 Å². The second kappa shape index (κ2) is 17.4. The third-order valence-electron chi connectivity index (χ3n) is 6.11. The van der Waals surface area contributed by atoms with Crippen molar-refractivity contribution in [1.82, 2.24) is 9.34 Å². The number of hydrogen-bond donors (Lipinski definition) is 2. The predicted octanol–water partition coefficient (Wildman–Crippen LogP) is 7.87. The molecule has 2 aromatic rings. The van der Waals surface area contributed by atoms with Crippen LogP contribution in [-0.4, -0.2) is 59.0 Å². The predicted molar refractivity (Wildman–Crippen MR) is 171 cm³/mol. The Balaban J connectivity index is 2.28. The average Bonchev–Trinajstić information content (AvgIpc) is 2.92. The molecule has 0 saturated carbocycles. The normalized spacial score (nSPS) is 15.4. The summed E-state index contributed by atoms with van der Waals surface area (Å²) in [5.74, 6) is 1.80. The molecule has 0 spiro atoms. The highest BCUT2D eigenvalue weighted by atomic mass is 35.5. The summed E-state index contributed by atoms with van der Waals surface area (Å²) in [7, 11) is -7.23. The quantitative estimate of drug-likeness (QED) is 0.0935. The second-order valence-corrected chi connectivity index (χ2v) is 14.0. The molecule has 0 aliphatic rings. The fraction of sp³-hybridized carbons (Fsp3) is 0.462. The number of allylic oxidation sites excluding steroid dienone is 2. The molecule has 0 aromatic heterocycles. The Morgan fingerprint density at radius 2 is 0.900 bits per heavy atom. The van der Waals surface area contributed by atoms with Crippen LogP contribution in [-0.2, 0) is 9.13 Å². The third-order valence-corrected chi connectivity index (χ3v) is 10.1. The zero-order valence-electron chi connectivity index (χ0n) is 22.8. The van der Waals surface area contributed by atoms with E-state index in [0.717, 1.165) is 35.1 Å². The summed E-state index contributed by atoms with van der Waals surface area (Å²) in [6, 6.07) is 14.7. The van der Waals surface area contributed by atoms with Gasteiger partial charge in [0.2, 0.25) is 0 Å². The van der Waals surface area contributed by atoms with E-state index in [0.29, 0.717) is 37.7 Å². The minimum atomic E-state index is -3.61. The zero-order valence-corrected chi connectivity index (χ0v) is 27.6. The molecule has 2 atom stereocenters. The van der Waals surface area contributed by atoms with E-state index in [1.165, 1.54) is 9.34 Å². The van der Waals surface area contributed by atoms with Gasteiger partial charge in [-0.2, -0.15) is 0 Å². The van der Waals surface area contributed by atoms with Gasteiger partial charge in [0.05, 0.1) is 0 Å². The number of alkyl halides is 4. The van der Waals surface area contributed by atoms with E-state index >= 15 is 0 Å². The largest absolute Gasteiger partial charge is 0.422 e. The Kier molecular flexibility index (Phi) is 15.4. The van der Waals surface area contributed by atoms with Gasteiger partial charge in [-0.15, -0.1) is 46.4 Å². The molecule has 14 heteroatoms. The van der Waals surface area contributed by atoms with Crippen LogP contribution >= 0.6 is 61.7 Å². The highest BCUT2D eigenvalue weighted by molar-refractivity contribution is 7.54. The van der Waals surface area contributed by atoms with E-state index in [4.69, 9.17) is 66.5 Å². The highest BCUT2D eigenvalue weighted by Gasteiger charge is 2.29. The number of benzene rings is 2. The van der Waals surface area contributed by atoms with Gasteiger partial charge in [0.25, 0.3) is 0 Å². The van der Waals surface area contributed by atoms with Gasteiger partial charge in [0.1, 0.15) is 11.5 Å². The standard InChI is InChI=1S/C26H38Cl4N4O4P2/c1-3-25(21-5-9-23(10-6-21)37-39(31,35)33(17-13-27)18-14-28)26(4-2)22-7-11-24(12-8-22)38-40(32,36)34(19-15-29)20-16-30/h5-12H,3-4,13-20H2,1-2H3,(H2,31,35)(H2,32,36)/b26-25-/t39-,40+. The Labute approximate surface area is 258 Å². The molecule has 0 saturated heterocycles. The van der Waals surface area contributed by atoms with Gasteiger partial charge in [0.15, 0.2) is 0 Å². The van der Waals surface area contributed by atoms with Crippen LogP contribution in [0.15, 0.2) is 48.5 Å². The van der Waals surface area contributed by atoms with E-state index in [1.54, 1.807) is 24.3 Å². The lowest BCUT2D eigenvalue weighted by atomic mass is 9.91. The number of nitrogens with zero attached hydrogens (tertiary/aromatic N) is 2. The summed E-state index contributed by atoms with van der Waals surface area (Å²) in [6.45, 7) is 5.38. The van der Waals surface area contributed by atoms with Gasteiger partial charge in [-0.3, -0.25) is 0 Å². The lowest BCUT2D eigenvalue weighted by Gasteiger charge is -2.27. The summed E-state index contributed by atoms with van der Waals surface area (Å²) in [4.78, 5) is 0. The molecule has 0 amide bonds. The smallest absolute Gasteiger partial charge is 0.390 e. The van der Waals surface area contributed by atoms with E-state index in [1.807, 2.05) is 24.3 Å². The van der Waals surface area contributed by atoms with Crippen molar-refractivity contribution < 1.29 is 18.2 Å². The van der Waals surface area contributed by atoms with Gasteiger partial charge in [0, 0.05) is 49.7 Å². The molecule has 8 nitrogen and oxygen atoms in total. The Morgan fingerprint density at radius 3 is 1.12 bits per heavy atom. The first-order chi connectivity index (χ1) is 19.1. The van der Waals surface area contributed by atoms with E-state index < -0.39 is 15.3 Å². The summed E-state index contributed by atoms with van der Waals surface area (Å²) in [5, 5.41) is 0. The summed E-state index contributed by atoms with van der Waals surface area (Å²) in [5.41, 5.74) is 16.3. The molecule has 0 unspecified atom stereocenters. The fourth-order valence-electron chi connectivity index (χ4n) is 4.21. The third kappa shape index (κ3) is 10.2. The van der Waals surface area contributed by atoms with Crippen LogP contribution in [0.1, 0.15) is 37.8 Å². The number of rotatable bonds is 18. The van der Waals surface area contributed by atoms with Crippen LogP contribution in [0.5, 0.6) is 11.5 Å². The molecule has 0 fully saturated rings. The van der Waals surface area contributed by atoms with Crippen molar-refractivity contribution in [3.05, 3.63) is 59.7 Å². The van der Waals surface area contributed by atoms with Crippen LogP contribution < -0.4 is 20.1 Å². The number of hydrogen-bond acceptors (Lipinski definition) is 4. The highest BCUT2D eigenvalue weighted by Crippen LogP contribution is 2.45. The molecular weight excluding hydrogens is 636 g/mol. The van der Waals surface area contributed by atoms with Crippen molar-refractivity contribution in [1.29, 1.82) is 0 Å². The summed E-state index contributed by atoms with van der Waals surface area (Å²) in [6.07, 6.45) is 1.56. The minimum Gasteiger partial charge on any atom is -0.422 e. The van der Waals surface area contributed by atoms with Crippen LogP contribution in [0.4, 0.5) is 0 Å². The summed E-state index contributed by atoms with van der Waals surface area (Å²) < 4.78 is 40.3. The molecule has 0 bridgehead atoms. The maximum atomic E-state index is 13.0. The lowest BCUT2D eigenvalue weighted by molar-refractivity contribution is 0.372. The summed E-state index contributed by atoms with van der Waals surface area (Å²) >= 11 is 23.3. The van der Waals surface area contributed by atoms with Gasteiger partial charge < -0.3 is 9.05 Å². The minimum absolute atomic E-state index is 0.254. The first-order valence-corrected chi connectivity index (χ1v) is 18.3. The van der Waals surface area contributed by atoms with Crippen LogP contribution in [0, 0.1) is 0 Å². The molecular formula is C26H38Cl4N4O4P2.